The molecule has 0 radical (unpaired) electrons. The third kappa shape index (κ3) is 3.51. The van der Waals surface area contributed by atoms with Crippen molar-refractivity contribution in [1.29, 1.82) is 0 Å². The molecule has 0 aliphatic heterocycles. The van der Waals surface area contributed by atoms with Gasteiger partial charge in [0.15, 0.2) is 5.78 Å². The molecule has 0 saturated carbocycles. The summed E-state index contributed by atoms with van der Waals surface area (Å²) in [5, 5.41) is 4.81. The van der Waals surface area contributed by atoms with Crippen molar-refractivity contribution in [2.45, 2.75) is 20.3 Å². The standard InChI is InChI=1S/C15H15NO2S/c1-10-5-6-12(11(2)17)8-14(10)16-15(18)9-13-4-3-7-19-13/h3-8H,9H2,1-2H3,(H,16,18). The molecule has 1 aromatic carbocycles. The summed E-state index contributed by atoms with van der Waals surface area (Å²) in [7, 11) is 0. The van der Waals surface area contributed by atoms with Crippen LogP contribution in [0.3, 0.4) is 0 Å². The van der Waals surface area contributed by atoms with Crippen LogP contribution in [0.1, 0.15) is 27.7 Å². The van der Waals surface area contributed by atoms with E-state index in [4.69, 9.17) is 0 Å². The Hall–Kier alpha value is -1.94. The molecule has 0 spiro atoms. The maximum Gasteiger partial charge on any atom is 0.229 e. The van der Waals surface area contributed by atoms with Gasteiger partial charge in [-0.15, -0.1) is 11.3 Å². The third-order valence-electron chi connectivity index (χ3n) is 2.83. The quantitative estimate of drug-likeness (QED) is 0.867. The number of ketones is 1. The third-order valence-corrected chi connectivity index (χ3v) is 3.71. The van der Waals surface area contributed by atoms with Gasteiger partial charge in [-0.2, -0.15) is 0 Å². The number of nitrogens with one attached hydrogen (secondary N) is 1. The first-order chi connectivity index (χ1) is 9.06. The molecular formula is C15H15NO2S. The number of rotatable bonds is 4. The van der Waals surface area contributed by atoms with E-state index in [1.165, 1.54) is 6.92 Å². The van der Waals surface area contributed by atoms with Crippen LogP contribution in [0.4, 0.5) is 5.69 Å². The van der Waals surface area contributed by atoms with Gasteiger partial charge in [0.25, 0.3) is 0 Å². The number of Topliss-reactive ketones (excluding diaryl/α,β-unsaturated/α-hetero) is 1. The Bertz CT molecular complexity index is 603. The van der Waals surface area contributed by atoms with Crippen molar-refractivity contribution in [2.24, 2.45) is 0 Å². The van der Waals surface area contributed by atoms with Gasteiger partial charge in [0.05, 0.1) is 6.42 Å². The van der Waals surface area contributed by atoms with E-state index in [9.17, 15) is 9.59 Å². The number of aryl methyl sites for hydroxylation is 1. The molecule has 2 aromatic rings. The minimum Gasteiger partial charge on any atom is -0.326 e. The number of thiophene rings is 1. The van der Waals surface area contributed by atoms with E-state index >= 15 is 0 Å². The fourth-order valence-corrected chi connectivity index (χ4v) is 2.44. The molecule has 0 fully saturated rings. The summed E-state index contributed by atoms with van der Waals surface area (Å²) in [6, 6.07) is 9.20. The predicted molar refractivity (Wildman–Crippen MR) is 77.8 cm³/mol. The largest absolute Gasteiger partial charge is 0.326 e. The van der Waals surface area contributed by atoms with Crippen LogP contribution in [0, 0.1) is 6.92 Å². The van der Waals surface area contributed by atoms with Crippen molar-refractivity contribution in [3.8, 4) is 0 Å². The van der Waals surface area contributed by atoms with Crippen LogP contribution in [-0.4, -0.2) is 11.7 Å². The van der Waals surface area contributed by atoms with E-state index in [0.717, 1.165) is 10.4 Å². The van der Waals surface area contributed by atoms with Gasteiger partial charge in [0, 0.05) is 16.1 Å². The van der Waals surface area contributed by atoms with Crippen LogP contribution in [0.25, 0.3) is 0 Å². The second-order valence-corrected chi connectivity index (χ2v) is 5.42. The molecule has 4 heteroatoms. The zero-order chi connectivity index (χ0) is 13.8. The van der Waals surface area contributed by atoms with E-state index in [-0.39, 0.29) is 11.7 Å². The van der Waals surface area contributed by atoms with E-state index in [2.05, 4.69) is 5.32 Å². The van der Waals surface area contributed by atoms with E-state index in [0.29, 0.717) is 17.7 Å². The van der Waals surface area contributed by atoms with E-state index in [1.807, 2.05) is 30.5 Å². The topological polar surface area (TPSA) is 46.2 Å². The number of hydrogen-bond acceptors (Lipinski definition) is 3. The number of amides is 1. The number of anilines is 1. The van der Waals surface area contributed by atoms with Crippen LogP contribution in [-0.2, 0) is 11.2 Å². The fraction of sp³-hybridized carbons (Fsp3) is 0.200. The van der Waals surface area contributed by atoms with Gasteiger partial charge < -0.3 is 5.32 Å². The molecule has 0 atom stereocenters. The molecule has 19 heavy (non-hydrogen) atoms. The molecule has 1 N–H and O–H groups in total. The molecule has 0 saturated heterocycles. The van der Waals surface area contributed by atoms with Crippen LogP contribution < -0.4 is 5.32 Å². The zero-order valence-electron chi connectivity index (χ0n) is 10.9. The lowest BCUT2D eigenvalue weighted by Gasteiger charge is -2.09. The first kappa shape index (κ1) is 13.5. The molecule has 0 unspecified atom stereocenters. The highest BCUT2D eigenvalue weighted by atomic mass is 32.1. The van der Waals surface area contributed by atoms with Crippen LogP contribution >= 0.6 is 11.3 Å². The summed E-state index contributed by atoms with van der Waals surface area (Å²) in [6.07, 6.45) is 0.363. The fourth-order valence-electron chi connectivity index (χ4n) is 1.74. The lowest BCUT2D eigenvalue weighted by atomic mass is 10.1. The lowest BCUT2D eigenvalue weighted by Crippen LogP contribution is -2.15. The summed E-state index contributed by atoms with van der Waals surface area (Å²) < 4.78 is 0. The van der Waals surface area contributed by atoms with Crippen molar-refractivity contribution >= 4 is 28.7 Å². The van der Waals surface area contributed by atoms with Gasteiger partial charge in [0.1, 0.15) is 0 Å². The average Bonchev–Trinajstić information content (AvgIpc) is 2.84. The predicted octanol–water partition coefficient (Wildman–Crippen LogP) is 3.44. The Morgan fingerprint density at radius 3 is 2.68 bits per heavy atom. The number of carbonyl (C=O) groups is 2. The minimum atomic E-state index is -0.0637. The van der Waals surface area contributed by atoms with Gasteiger partial charge in [0.2, 0.25) is 5.91 Å². The number of hydrogen-bond donors (Lipinski definition) is 1. The molecule has 1 aromatic heterocycles. The molecule has 0 aliphatic carbocycles. The van der Waals surface area contributed by atoms with Crippen LogP contribution in [0.5, 0.6) is 0 Å². The Labute approximate surface area is 116 Å². The van der Waals surface area contributed by atoms with Crippen LogP contribution in [0.15, 0.2) is 35.7 Å². The van der Waals surface area contributed by atoms with Crippen molar-refractivity contribution in [3.63, 3.8) is 0 Å². The van der Waals surface area contributed by atoms with Gasteiger partial charge in [-0.05, 0) is 36.9 Å². The van der Waals surface area contributed by atoms with E-state index < -0.39 is 0 Å². The molecule has 3 nitrogen and oxygen atoms in total. The first-order valence-electron chi connectivity index (χ1n) is 6.00. The second kappa shape index (κ2) is 5.80. The smallest absolute Gasteiger partial charge is 0.229 e. The van der Waals surface area contributed by atoms with Gasteiger partial charge in [-0.25, -0.2) is 0 Å². The van der Waals surface area contributed by atoms with Gasteiger partial charge in [-0.3, -0.25) is 9.59 Å². The van der Waals surface area contributed by atoms with Crippen molar-refractivity contribution in [1.82, 2.24) is 0 Å². The molecule has 0 bridgehead atoms. The molecular weight excluding hydrogens is 258 g/mol. The highest BCUT2D eigenvalue weighted by Crippen LogP contribution is 2.18. The highest BCUT2D eigenvalue weighted by molar-refractivity contribution is 7.10. The lowest BCUT2D eigenvalue weighted by molar-refractivity contribution is -0.115. The molecule has 98 valence electrons. The monoisotopic (exact) mass is 273 g/mol. The summed E-state index contributed by atoms with van der Waals surface area (Å²) in [5.41, 5.74) is 2.26. The Kier molecular flexibility index (Phi) is 4.12. The van der Waals surface area contributed by atoms with Crippen molar-refractivity contribution < 1.29 is 9.59 Å². The van der Waals surface area contributed by atoms with Crippen molar-refractivity contribution in [2.75, 3.05) is 5.32 Å². The number of carbonyl (C=O) groups excluding carboxylic acids is 2. The Balaban J connectivity index is 2.11. The maximum atomic E-state index is 11.9. The molecule has 1 amide bonds. The SMILES string of the molecule is CC(=O)c1ccc(C)c(NC(=O)Cc2cccs2)c1. The van der Waals surface area contributed by atoms with Crippen molar-refractivity contribution in [3.05, 3.63) is 51.7 Å². The summed E-state index contributed by atoms with van der Waals surface area (Å²) >= 11 is 1.56. The first-order valence-corrected chi connectivity index (χ1v) is 6.88. The van der Waals surface area contributed by atoms with E-state index in [1.54, 1.807) is 23.5 Å². The zero-order valence-corrected chi connectivity index (χ0v) is 11.7. The average molecular weight is 273 g/mol. The number of benzene rings is 1. The summed E-state index contributed by atoms with van der Waals surface area (Å²) in [4.78, 5) is 24.3. The Morgan fingerprint density at radius 2 is 2.05 bits per heavy atom. The molecule has 2 rings (SSSR count). The Morgan fingerprint density at radius 1 is 1.26 bits per heavy atom. The minimum absolute atomic E-state index is 0.00578. The summed E-state index contributed by atoms with van der Waals surface area (Å²) in [5.74, 6) is -0.0694. The normalized spacial score (nSPS) is 10.2. The summed E-state index contributed by atoms with van der Waals surface area (Å²) in [6.45, 7) is 3.42. The molecule has 0 aliphatic rings. The highest BCUT2D eigenvalue weighted by Gasteiger charge is 2.08. The second-order valence-electron chi connectivity index (χ2n) is 4.39. The maximum absolute atomic E-state index is 11.9. The van der Waals surface area contributed by atoms with Gasteiger partial charge in [-0.1, -0.05) is 18.2 Å². The molecule has 1 heterocycles. The van der Waals surface area contributed by atoms with Crippen LogP contribution in [0.2, 0.25) is 0 Å². The van der Waals surface area contributed by atoms with Gasteiger partial charge >= 0.3 is 0 Å².